The molecule has 166 valence electrons. The molecule has 0 radical (unpaired) electrons. The third kappa shape index (κ3) is 4.11. The summed E-state index contributed by atoms with van der Waals surface area (Å²) in [6.07, 6.45) is 1.48. The number of nitrogens with zero attached hydrogens (tertiary/aromatic N) is 2. The van der Waals surface area contributed by atoms with Gasteiger partial charge in [0.05, 0.1) is 23.4 Å². The van der Waals surface area contributed by atoms with Gasteiger partial charge in [0, 0.05) is 11.6 Å². The standard InChI is InChI=1S/C27H23FN2O3/c1-16-12-19(28)13-17(2)26(16)33-24-11-10-18(27(3,4)32)14-23(24)30-15-21(29-5)25(31)20-8-6-7-9-22(20)30/h6-15,32H,1-4H3. The third-order valence-electron chi connectivity index (χ3n) is 5.57. The van der Waals surface area contributed by atoms with E-state index in [4.69, 9.17) is 11.3 Å². The topological polar surface area (TPSA) is 55.8 Å². The second-order valence-electron chi connectivity index (χ2n) is 8.55. The molecule has 0 bridgehead atoms. The molecular weight excluding hydrogens is 419 g/mol. The van der Waals surface area contributed by atoms with E-state index in [-0.39, 0.29) is 16.9 Å². The zero-order valence-electron chi connectivity index (χ0n) is 18.8. The maximum atomic E-state index is 13.8. The first-order valence-electron chi connectivity index (χ1n) is 10.4. The van der Waals surface area contributed by atoms with Crippen molar-refractivity contribution in [3.8, 4) is 17.2 Å². The fourth-order valence-electron chi connectivity index (χ4n) is 3.88. The van der Waals surface area contributed by atoms with Crippen LogP contribution in [0.15, 0.2) is 65.6 Å². The third-order valence-corrected chi connectivity index (χ3v) is 5.57. The van der Waals surface area contributed by atoms with Gasteiger partial charge in [-0.2, -0.15) is 0 Å². The molecule has 0 aliphatic carbocycles. The predicted molar refractivity (Wildman–Crippen MR) is 127 cm³/mol. The Morgan fingerprint density at radius 2 is 1.73 bits per heavy atom. The average Bonchev–Trinajstić information content (AvgIpc) is 2.76. The van der Waals surface area contributed by atoms with Crippen molar-refractivity contribution in [2.45, 2.75) is 33.3 Å². The van der Waals surface area contributed by atoms with Crippen molar-refractivity contribution >= 4 is 16.6 Å². The summed E-state index contributed by atoms with van der Waals surface area (Å²) in [5.41, 5.74) is 1.54. The van der Waals surface area contributed by atoms with Crippen molar-refractivity contribution in [1.29, 1.82) is 0 Å². The molecule has 4 rings (SSSR count). The van der Waals surface area contributed by atoms with Crippen molar-refractivity contribution in [3.63, 3.8) is 0 Å². The second-order valence-corrected chi connectivity index (χ2v) is 8.55. The van der Waals surface area contributed by atoms with Crippen molar-refractivity contribution in [2.75, 3.05) is 0 Å². The largest absolute Gasteiger partial charge is 0.455 e. The number of aromatic nitrogens is 1. The molecule has 0 aliphatic rings. The number of halogens is 1. The van der Waals surface area contributed by atoms with E-state index in [1.807, 2.05) is 6.07 Å². The van der Waals surface area contributed by atoms with Gasteiger partial charge in [-0.25, -0.2) is 9.24 Å². The summed E-state index contributed by atoms with van der Waals surface area (Å²) in [5.74, 6) is 0.609. The molecule has 5 nitrogen and oxygen atoms in total. The zero-order chi connectivity index (χ0) is 23.9. The number of para-hydroxylation sites is 1. The molecule has 0 unspecified atom stereocenters. The number of ether oxygens (including phenoxy) is 1. The summed E-state index contributed by atoms with van der Waals surface area (Å²) < 4.78 is 21.8. The Bertz CT molecular complexity index is 1470. The number of pyridine rings is 1. The highest BCUT2D eigenvalue weighted by Gasteiger charge is 2.21. The van der Waals surface area contributed by atoms with E-state index in [0.717, 1.165) is 0 Å². The molecule has 4 aromatic rings. The fraction of sp³-hybridized carbons (Fsp3) is 0.185. The highest BCUT2D eigenvalue weighted by molar-refractivity contribution is 5.84. The smallest absolute Gasteiger partial charge is 0.250 e. The van der Waals surface area contributed by atoms with Crippen LogP contribution in [0.4, 0.5) is 10.1 Å². The number of aryl methyl sites for hydroxylation is 2. The molecule has 0 saturated carbocycles. The number of fused-ring (bicyclic) bond motifs is 1. The van der Waals surface area contributed by atoms with Crippen LogP contribution in [0.5, 0.6) is 11.5 Å². The minimum Gasteiger partial charge on any atom is -0.455 e. The number of benzene rings is 3. The first-order valence-corrected chi connectivity index (χ1v) is 10.4. The molecule has 1 N–H and O–H groups in total. The molecule has 0 aliphatic heterocycles. The SMILES string of the molecule is [C-]#[N+]c1cn(-c2cc(C(C)(C)O)ccc2Oc2c(C)cc(F)cc2C)c2ccccc2c1=O. The number of aliphatic hydroxyl groups is 1. The Morgan fingerprint density at radius 3 is 2.36 bits per heavy atom. The van der Waals surface area contributed by atoms with Gasteiger partial charge >= 0.3 is 0 Å². The minimum absolute atomic E-state index is 0.0255. The van der Waals surface area contributed by atoms with E-state index in [9.17, 15) is 14.3 Å². The summed E-state index contributed by atoms with van der Waals surface area (Å²) in [6.45, 7) is 14.4. The van der Waals surface area contributed by atoms with Crippen molar-refractivity contribution in [2.24, 2.45) is 0 Å². The first-order chi connectivity index (χ1) is 15.6. The quantitative estimate of drug-likeness (QED) is 0.377. The van der Waals surface area contributed by atoms with Crippen LogP contribution >= 0.6 is 0 Å². The van der Waals surface area contributed by atoms with Gasteiger partial charge in [-0.1, -0.05) is 24.3 Å². The molecule has 3 aromatic carbocycles. The van der Waals surface area contributed by atoms with E-state index in [0.29, 0.717) is 44.8 Å². The lowest BCUT2D eigenvalue weighted by Gasteiger charge is -2.23. The summed E-state index contributed by atoms with van der Waals surface area (Å²) in [4.78, 5) is 16.1. The second kappa shape index (κ2) is 8.19. The lowest BCUT2D eigenvalue weighted by Crippen LogP contribution is -2.16. The maximum Gasteiger partial charge on any atom is 0.250 e. The molecule has 0 atom stereocenters. The molecule has 6 heteroatoms. The van der Waals surface area contributed by atoms with Crippen LogP contribution in [-0.2, 0) is 5.60 Å². The van der Waals surface area contributed by atoms with Crippen LogP contribution in [0.2, 0.25) is 0 Å². The number of hydrogen-bond acceptors (Lipinski definition) is 3. The Balaban J connectivity index is 2.04. The molecule has 0 amide bonds. The molecule has 1 aromatic heterocycles. The van der Waals surface area contributed by atoms with E-state index in [1.165, 1.54) is 18.3 Å². The van der Waals surface area contributed by atoms with Gasteiger partial charge in [0.1, 0.15) is 11.6 Å². The monoisotopic (exact) mass is 442 g/mol. The van der Waals surface area contributed by atoms with Crippen LogP contribution < -0.4 is 10.2 Å². The van der Waals surface area contributed by atoms with Crippen molar-refractivity contribution < 1.29 is 14.2 Å². The summed E-state index contributed by atoms with van der Waals surface area (Å²) in [7, 11) is 0. The van der Waals surface area contributed by atoms with E-state index < -0.39 is 5.60 Å². The molecule has 33 heavy (non-hydrogen) atoms. The molecule has 1 heterocycles. The summed E-state index contributed by atoms with van der Waals surface area (Å²) in [6, 6.07) is 15.1. The van der Waals surface area contributed by atoms with E-state index >= 15 is 0 Å². The molecule has 0 fully saturated rings. The fourth-order valence-corrected chi connectivity index (χ4v) is 3.88. The van der Waals surface area contributed by atoms with E-state index in [2.05, 4.69) is 4.85 Å². The summed E-state index contributed by atoms with van der Waals surface area (Å²) in [5, 5.41) is 11.0. The van der Waals surface area contributed by atoms with Gasteiger partial charge in [-0.15, -0.1) is 0 Å². The van der Waals surface area contributed by atoms with Crippen LogP contribution in [0.3, 0.4) is 0 Å². The number of hydrogen-bond donors (Lipinski definition) is 1. The van der Waals surface area contributed by atoms with Gasteiger partial charge in [0.15, 0.2) is 11.2 Å². The van der Waals surface area contributed by atoms with Gasteiger partial charge in [0.25, 0.3) is 0 Å². The lowest BCUT2D eigenvalue weighted by molar-refractivity contribution is 0.0785. The van der Waals surface area contributed by atoms with Gasteiger partial charge in [-0.05, 0) is 74.7 Å². The highest BCUT2D eigenvalue weighted by Crippen LogP contribution is 2.37. The Morgan fingerprint density at radius 1 is 1.06 bits per heavy atom. The van der Waals surface area contributed by atoms with Crippen LogP contribution in [0.25, 0.3) is 21.4 Å². The number of rotatable bonds is 4. The minimum atomic E-state index is -1.13. The normalized spacial score (nSPS) is 11.4. The molecular formula is C27H23FN2O3. The molecule has 0 saturated heterocycles. The Labute approximate surface area is 191 Å². The summed E-state index contributed by atoms with van der Waals surface area (Å²) >= 11 is 0. The Kier molecular flexibility index (Phi) is 5.52. The van der Waals surface area contributed by atoms with Gasteiger partial charge in [0.2, 0.25) is 5.69 Å². The predicted octanol–water partition coefficient (Wildman–Crippen LogP) is 6.32. The van der Waals surface area contributed by atoms with Crippen molar-refractivity contribution in [3.05, 3.63) is 105 Å². The maximum absolute atomic E-state index is 13.8. The van der Waals surface area contributed by atoms with Crippen LogP contribution in [0.1, 0.15) is 30.5 Å². The Hall–Kier alpha value is -3.95. The zero-order valence-corrected chi connectivity index (χ0v) is 18.8. The first kappa shape index (κ1) is 22.3. The molecule has 0 spiro atoms. The van der Waals surface area contributed by atoms with Crippen LogP contribution in [0, 0.1) is 26.2 Å². The van der Waals surface area contributed by atoms with E-state index in [1.54, 1.807) is 68.7 Å². The van der Waals surface area contributed by atoms with Crippen LogP contribution in [-0.4, -0.2) is 9.67 Å². The highest BCUT2D eigenvalue weighted by atomic mass is 19.1. The van der Waals surface area contributed by atoms with Gasteiger partial charge < -0.3 is 19.2 Å². The van der Waals surface area contributed by atoms with Gasteiger partial charge in [-0.3, -0.25) is 0 Å². The average molecular weight is 442 g/mol. The lowest BCUT2D eigenvalue weighted by atomic mass is 9.97. The van der Waals surface area contributed by atoms with Crippen molar-refractivity contribution in [1.82, 2.24) is 4.57 Å².